The minimum Gasteiger partial charge on any atom is -0.506 e. The van der Waals surface area contributed by atoms with Gasteiger partial charge in [-0.2, -0.15) is 0 Å². The minimum atomic E-state index is -0.121. The molecule has 118 valence electrons. The summed E-state index contributed by atoms with van der Waals surface area (Å²) >= 11 is 5.34. The van der Waals surface area contributed by atoms with Gasteiger partial charge in [-0.1, -0.05) is 36.4 Å². The van der Waals surface area contributed by atoms with Gasteiger partial charge in [0.1, 0.15) is 5.76 Å². The van der Waals surface area contributed by atoms with E-state index in [0.717, 1.165) is 21.5 Å². The number of nitrogens with zero attached hydrogens (tertiary/aromatic N) is 4. The van der Waals surface area contributed by atoms with Crippen molar-refractivity contribution in [2.24, 2.45) is 10.2 Å². The zero-order chi connectivity index (χ0) is 16.7. The average molecular weight is 336 g/mol. The highest BCUT2D eigenvalue weighted by Crippen LogP contribution is 2.35. The van der Waals surface area contributed by atoms with Gasteiger partial charge in [-0.25, -0.2) is 5.06 Å². The van der Waals surface area contributed by atoms with Gasteiger partial charge in [0, 0.05) is 11.6 Å². The van der Waals surface area contributed by atoms with E-state index in [-0.39, 0.29) is 5.76 Å². The number of hydroxylamine groups is 2. The Morgan fingerprint density at radius 2 is 1.79 bits per heavy atom. The molecular weight excluding hydrogens is 324 g/mol. The monoisotopic (exact) mass is 336 g/mol. The van der Waals surface area contributed by atoms with Crippen LogP contribution in [0, 0.1) is 0 Å². The van der Waals surface area contributed by atoms with Gasteiger partial charge in [-0.05, 0) is 29.7 Å². The zero-order valence-electron chi connectivity index (χ0n) is 12.4. The Labute approximate surface area is 142 Å². The second-order valence-electron chi connectivity index (χ2n) is 5.26. The van der Waals surface area contributed by atoms with Crippen molar-refractivity contribution in [3.8, 4) is 0 Å². The molecule has 0 saturated heterocycles. The molecule has 2 aliphatic rings. The van der Waals surface area contributed by atoms with Crippen molar-refractivity contribution in [3.63, 3.8) is 0 Å². The quantitative estimate of drug-likeness (QED) is 0.763. The second-order valence-corrected chi connectivity index (χ2v) is 5.63. The number of rotatable bonds is 1. The molecule has 0 bridgehead atoms. The van der Waals surface area contributed by atoms with Gasteiger partial charge in [0.15, 0.2) is 5.82 Å². The van der Waals surface area contributed by atoms with E-state index in [4.69, 9.17) is 12.2 Å². The first-order valence-electron chi connectivity index (χ1n) is 7.19. The standard InChI is InChI=1S/C17H12N4O2S/c22-15-10-20(23)9-8-13(15)16-18-19-17(24)21(16)14-7-3-5-11-4-1-2-6-12(11)14/h1-10,22-23H. The molecule has 2 heterocycles. The number of hydrogen-bond acceptors (Lipinski definition) is 5. The lowest BCUT2D eigenvalue weighted by Gasteiger charge is -2.22. The van der Waals surface area contributed by atoms with E-state index < -0.39 is 0 Å². The minimum absolute atomic E-state index is 0.121. The summed E-state index contributed by atoms with van der Waals surface area (Å²) in [4.78, 5) is 1.72. The molecule has 0 spiro atoms. The van der Waals surface area contributed by atoms with Crippen molar-refractivity contribution in [1.29, 1.82) is 0 Å². The number of thiocarbonyl (C=S) groups is 1. The number of benzene rings is 2. The molecule has 2 N–H and O–H groups in total. The molecule has 0 radical (unpaired) electrons. The van der Waals surface area contributed by atoms with E-state index in [9.17, 15) is 10.3 Å². The number of allylic oxidation sites excluding steroid dienone is 1. The van der Waals surface area contributed by atoms with Crippen LogP contribution in [-0.4, -0.2) is 20.5 Å². The highest BCUT2D eigenvalue weighted by atomic mass is 32.1. The maximum atomic E-state index is 10.1. The Morgan fingerprint density at radius 3 is 2.62 bits per heavy atom. The van der Waals surface area contributed by atoms with Gasteiger partial charge in [0.05, 0.1) is 17.5 Å². The molecule has 7 heteroatoms. The van der Waals surface area contributed by atoms with Crippen LogP contribution in [0.4, 0.5) is 5.69 Å². The Balaban J connectivity index is 1.92. The van der Waals surface area contributed by atoms with Crippen LogP contribution in [-0.2, 0) is 0 Å². The molecule has 0 aliphatic carbocycles. The van der Waals surface area contributed by atoms with Crippen LogP contribution >= 0.6 is 12.2 Å². The fourth-order valence-electron chi connectivity index (χ4n) is 2.73. The topological polar surface area (TPSA) is 71.7 Å². The van der Waals surface area contributed by atoms with Crippen LogP contribution in [0.5, 0.6) is 0 Å². The smallest absolute Gasteiger partial charge is 0.226 e. The summed E-state index contributed by atoms with van der Waals surface area (Å²) < 4.78 is 0. The van der Waals surface area contributed by atoms with Crippen LogP contribution in [0.2, 0.25) is 0 Å². The number of anilines is 1. The lowest BCUT2D eigenvalue weighted by atomic mass is 10.1. The molecule has 2 aliphatic heterocycles. The summed E-state index contributed by atoms with van der Waals surface area (Å²) in [5, 5.41) is 30.8. The van der Waals surface area contributed by atoms with Crippen molar-refractivity contribution in [2.75, 3.05) is 4.90 Å². The SMILES string of the molecule is OC1=CN(O)C=CC1=C1N=NC(=S)N1c1cccc2ccccc12. The van der Waals surface area contributed by atoms with Crippen molar-refractivity contribution in [2.45, 2.75) is 0 Å². The fourth-order valence-corrected chi connectivity index (χ4v) is 2.95. The fraction of sp³-hybridized carbons (Fsp3) is 0. The lowest BCUT2D eigenvalue weighted by molar-refractivity contribution is 0.00650. The third kappa shape index (κ3) is 2.27. The van der Waals surface area contributed by atoms with Crippen LogP contribution < -0.4 is 4.90 Å². The Hall–Kier alpha value is -3.03. The molecule has 0 fully saturated rings. The second kappa shape index (κ2) is 5.55. The number of fused-ring (bicyclic) bond motifs is 1. The highest BCUT2D eigenvalue weighted by molar-refractivity contribution is 7.80. The molecule has 2 aromatic carbocycles. The summed E-state index contributed by atoms with van der Waals surface area (Å²) in [6, 6.07) is 13.8. The zero-order valence-corrected chi connectivity index (χ0v) is 13.2. The third-order valence-electron chi connectivity index (χ3n) is 3.81. The summed E-state index contributed by atoms with van der Waals surface area (Å²) in [5.41, 5.74) is 1.26. The molecule has 24 heavy (non-hydrogen) atoms. The summed E-state index contributed by atoms with van der Waals surface area (Å²) in [6.45, 7) is 0. The van der Waals surface area contributed by atoms with Gasteiger partial charge in [0.2, 0.25) is 5.11 Å². The van der Waals surface area contributed by atoms with Crippen molar-refractivity contribution >= 4 is 33.8 Å². The molecule has 6 nitrogen and oxygen atoms in total. The molecule has 0 amide bonds. The largest absolute Gasteiger partial charge is 0.506 e. The third-order valence-corrected chi connectivity index (χ3v) is 4.07. The predicted molar refractivity (Wildman–Crippen MR) is 94.4 cm³/mol. The van der Waals surface area contributed by atoms with Gasteiger partial charge in [-0.15, -0.1) is 10.2 Å². The Bertz CT molecular complexity index is 972. The van der Waals surface area contributed by atoms with Crippen LogP contribution in [0.25, 0.3) is 10.8 Å². The van der Waals surface area contributed by atoms with Gasteiger partial charge >= 0.3 is 0 Å². The summed E-state index contributed by atoms with van der Waals surface area (Å²) in [5.74, 6) is 0.290. The highest BCUT2D eigenvalue weighted by Gasteiger charge is 2.28. The van der Waals surface area contributed by atoms with Crippen LogP contribution in [0.1, 0.15) is 0 Å². The molecule has 0 saturated carbocycles. The van der Waals surface area contributed by atoms with Gasteiger partial charge in [-0.3, -0.25) is 10.1 Å². The van der Waals surface area contributed by atoms with E-state index in [2.05, 4.69) is 10.2 Å². The number of aliphatic hydroxyl groups excluding tert-OH is 1. The normalized spacial score (nSPS) is 20.2. The van der Waals surface area contributed by atoms with Crippen molar-refractivity contribution < 1.29 is 10.3 Å². The maximum Gasteiger partial charge on any atom is 0.226 e. The maximum absolute atomic E-state index is 10.1. The average Bonchev–Trinajstić information content (AvgIpc) is 2.95. The molecule has 0 unspecified atom stereocenters. The first-order chi connectivity index (χ1) is 11.6. The molecule has 2 aromatic rings. The van der Waals surface area contributed by atoms with Crippen molar-refractivity contribution in [3.05, 3.63) is 78.1 Å². The number of hydrogen-bond donors (Lipinski definition) is 2. The predicted octanol–water partition coefficient (Wildman–Crippen LogP) is 4.23. The lowest BCUT2D eigenvalue weighted by Crippen LogP contribution is -2.24. The summed E-state index contributed by atoms with van der Waals surface area (Å²) in [6.07, 6.45) is 4.14. The molecular formula is C17H12N4O2S. The van der Waals surface area contributed by atoms with E-state index in [1.807, 2.05) is 42.5 Å². The molecule has 4 rings (SSSR count). The van der Waals surface area contributed by atoms with Crippen molar-refractivity contribution in [1.82, 2.24) is 5.06 Å². The first kappa shape index (κ1) is 14.6. The van der Waals surface area contributed by atoms with Crippen LogP contribution in [0.3, 0.4) is 0 Å². The molecule has 0 atom stereocenters. The Kier molecular flexibility index (Phi) is 3.37. The van der Waals surface area contributed by atoms with E-state index in [0.29, 0.717) is 16.5 Å². The molecule has 0 aromatic heterocycles. The van der Waals surface area contributed by atoms with Gasteiger partial charge in [0.25, 0.3) is 0 Å². The summed E-state index contributed by atoms with van der Waals surface area (Å²) in [7, 11) is 0. The van der Waals surface area contributed by atoms with E-state index in [1.54, 1.807) is 11.0 Å². The van der Waals surface area contributed by atoms with E-state index in [1.165, 1.54) is 12.4 Å². The Morgan fingerprint density at radius 1 is 1.00 bits per heavy atom. The van der Waals surface area contributed by atoms with Crippen LogP contribution in [0.15, 0.2) is 88.3 Å². The number of azo groups is 1. The number of aliphatic hydroxyl groups is 1. The van der Waals surface area contributed by atoms with Gasteiger partial charge < -0.3 is 5.11 Å². The van der Waals surface area contributed by atoms with E-state index >= 15 is 0 Å². The first-order valence-corrected chi connectivity index (χ1v) is 7.60.